The van der Waals surface area contributed by atoms with Crippen LogP contribution in [0.5, 0.6) is 0 Å². The number of amides is 3. The Balaban J connectivity index is 2.04. The average Bonchev–Trinajstić information content (AvgIpc) is 2.82. The molecule has 2 rings (SSSR count). The van der Waals surface area contributed by atoms with Crippen molar-refractivity contribution in [3.8, 4) is 0 Å². The van der Waals surface area contributed by atoms with E-state index in [-0.39, 0.29) is 30.2 Å². The first-order valence-corrected chi connectivity index (χ1v) is 8.27. The van der Waals surface area contributed by atoms with Crippen LogP contribution in [0.2, 0.25) is 5.02 Å². The molecular formula is C17H22ClN3O3. The fourth-order valence-corrected chi connectivity index (χ4v) is 2.87. The van der Waals surface area contributed by atoms with Crippen molar-refractivity contribution in [1.29, 1.82) is 0 Å². The van der Waals surface area contributed by atoms with E-state index in [1.165, 1.54) is 0 Å². The number of hydrogen-bond donors (Lipinski definition) is 2. The Morgan fingerprint density at radius 1 is 1.29 bits per heavy atom. The monoisotopic (exact) mass is 351 g/mol. The topological polar surface area (TPSA) is 78.5 Å². The third kappa shape index (κ3) is 4.26. The predicted octanol–water partition coefficient (Wildman–Crippen LogP) is 1.44. The van der Waals surface area contributed by atoms with Gasteiger partial charge in [0.25, 0.3) is 5.91 Å². The number of carbonyl (C=O) groups is 3. The molecule has 2 unspecified atom stereocenters. The minimum atomic E-state index is -0.699. The molecule has 130 valence electrons. The smallest absolute Gasteiger partial charge is 0.253 e. The van der Waals surface area contributed by atoms with Crippen LogP contribution in [0.4, 0.5) is 0 Å². The van der Waals surface area contributed by atoms with Crippen LogP contribution >= 0.6 is 11.6 Å². The molecule has 1 aliphatic heterocycles. The van der Waals surface area contributed by atoms with Crippen LogP contribution in [0.3, 0.4) is 0 Å². The first-order chi connectivity index (χ1) is 11.3. The fraction of sp³-hybridized carbons (Fsp3) is 0.471. The average molecular weight is 352 g/mol. The molecule has 0 spiro atoms. The highest BCUT2D eigenvalue weighted by Crippen LogP contribution is 2.16. The van der Waals surface area contributed by atoms with Gasteiger partial charge < -0.3 is 15.5 Å². The van der Waals surface area contributed by atoms with Gasteiger partial charge in [0.15, 0.2) is 0 Å². The molecule has 1 aromatic rings. The maximum atomic E-state index is 12.5. The quantitative estimate of drug-likeness (QED) is 0.842. The lowest BCUT2D eigenvalue weighted by Crippen LogP contribution is -2.52. The zero-order valence-corrected chi connectivity index (χ0v) is 14.8. The van der Waals surface area contributed by atoms with Gasteiger partial charge in [-0.3, -0.25) is 14.4 Å². The Kier molecular flexibility index (Phi) is 5.83. The maximum absolute atomic E-state index is 12.5. The summed E-state index contributed by atoms with van der Waals surface area (Å²) in [5, 5.41) is 5.91. The summed E-state index contributed by atoms with van der Waals surface area (Å²) in [5.41, 5.74) is 0.327. The van der Waals surface area contributed by atoms with Crippen LogP contribution in [0.25, 0.3) is 0 Å². The van der Waals surface area contributed by atoms with Crippen molar-refractivity contribution in [2.75, 3.05) is 13.6 Å². The lowest BCUT2D eigenvalue weighted by Gasteiger charge is -2.24. The number of carbonyl (C=O) groups excluding carboxylic acids is 3. The van der Waals surface area contributed by atoms with E-state index in [9.17, 15) is 14.4 Å². The van der Waals surface area contributed by atoms with Crippen molar-refractivity contribution in [2.24, 2.45) is 5.92 Å². The molecule has 24 heavy (non-hydrogen) atoms. The van der Waals surface area contributed by atoms with Crippen LogP contribution in [0.15, 0.2) is 24.3 Å². The van der Waals surface area contributed by atoms with E-state index in [4.69, 9.17) is 11.6 Å². The van der Waals surface area contributed by atoms with Crippen molar-refractivity contribution in [1.82, 2.24) is 15.5 Å². The van der Waals surface area contributed by atoms with Crippen molar-refractivity contribution in [3.63, 3.8) is 0 Å². The molecule has 0 bridgehead atoms. The number of halogens is 1. The molecule has 6 nitrogen and oxygen atoms in total. The van der Waals surface area contributed by atoms with E-state index in [0.29, 0.717) is 17.1 Å². The summed E-state index contributed by atoms with van der Waals surface area (Å²) in [4.78, 5) is 38.0. The van der Waals surface area contributed by atoms with Crippen LogP contribution in [-0.4, -0.2) is 48.3 Å². The van der Waals surface area contributed by atoms with Gasteiger partial charge in [-0.2, -0.15) is 0 Å². The summed E-state index contributed by atoms with van der Waals surface area (Å²) in [7, 11) is 1.70. The largest absolute Gasteiger partial charge is 0.349 e. The Morgan fingerprint density at radius 2 is 1.96 bits per heavy atom. The van der Waals surface area contributed by atoms with Gasteiger partial charge in [0, 0.05) is 20.0 Å². The fourth-order valence-electron chi connectivity index (χ4n) is 2.65. The molecule has 3 amide bonds. The molecule has 1 aliphatic rings. The highest BCUT2D eigenvalue weighted by Gasteiger charge is 2.32. The minimum Gasteiger partial charge on any atom is -0.349 e. The molecule has 2 atom stereocenters. The van der Waals surface area contributed by atoms with Crippen molar-refractivity contribution < 1.29 is 14.4 Å². The molecule has 1 saturated heterocycles. The van der Waals surface area contributed by atoms with Gasteiger partial charge in [0.2, 0.25) is 11.8 Å². The van der Waals surface area contributed by atoms with Gasteiger partial charge in [0.1, 0.15) is 6.04 Å². The summed E-state index contributed by atoms with van der Waals surface area (Å²) in [5.74, 6) is -0.791. The molecule has 1 heterocycles. The zero-order chi connectivity index (χ0) is 17.9. The second-order valence-corrected chi connectivity index (χ2v) is 6.77. The summed E-state index contributed by atoms with van der Waals surface area (Å²) < 4.78 is 0. The van der Waals surface area contributed by atoms with Gasteiger partial charge >= 0.3 is 0 Å². The van der Waals surface area contributed by atoms with E-state index in [0.717, 1.165) is 0 Å². The lowest BCUT2D eigenvalue weighted by atomic mass is 10.0. The van der Waals surface area contributed by atoms with Gasteiger partial charge in [-0.05, 0) is 18.1 Å². The van der Waals surface area contributed by atoms with E-state index < -0.39 is 11.9 Å². The molecule has 7 heteroatoms. The van der Waals surface area contributed by atoms with E-state index in [1.807, 2.05) is 13.8 Å². The van der Waals surface area contributed by atoms with Gasteiger partial charge in [0.05, 0.1) is 16.6 Å². The molecule has 0 saturated carbocycles. The number of hydrogen-bond acceptors (Lipinski definition) is 3. The summed E-state index contributed by atoms with van der Waals surface area (Å²) >= 11 is 6.03. The normalized spacial score (nSPS) is 18.6. The van der Waals surface area contributed by atoms with Crippen LogP contribution in [-0.2, 0) is 9.59 Å². The van der Waals surface area contributed by atoms with Crippen LogP contribution in [0, 0.1) is 5.92 Å². The predicted molar refractivity (Wildman–Crippen MR) is 91.7 cm³/mol. The van der Waals surface area contributed by atoms with Gasteiger partial charge in [-0.25, -0.2) is 0 Å². The highest BCUT2D eigenvalue weighted by atomic mass is 35.5. The van der Waals surface area contributed by atoms with Crippen LogP contribution < -0.4 is 10.6 Å². The Morgan fingerprint density at radius 3 is 2.50 bits per heavy atom. The SMILES string of the molecule is CC(C)C(NC(=O)c1ccccc1Cl)C(=O)NC1CC(=O)N(C)C1. The first kappa shape index (κ1) is 18.3. The molecule has 1 aromatic carbocycles. The van der Waals surface area contributed by atoms with Gasteiger partial charge in [-0.1, -0.05) is 37.6 Å². The third-order valence-electron chi connectivity index (χ3n) is 4.04. The number of likely N-dealkylation sites (tertiary alicyclic amines) is 1. The number of rotatable bonds is 5. The molecule has 0 aliphatic carbocycles. The Bertz CT molecular complexity index is 648. The summed E-state index contributed by atoms with van der Waals surface area (Å²) in [6.07, 6.45) is 0.283. The Labute approximate surface area is 146 Å². The van der Waals surface area contributed by atoms with E-state index in [1.54, 1.807) is 36.2 Å². The van der Waals surface area contributed by atoms with Gasteiger partial charge in [-0.15, -0.1) is 0 Å². The molecule has 1 fully saturated rings. The second kappa shape index (κ2) is 7.66. The molecule has 0 aromatic heterocycles. The molecule has 2 N–H and O–H groups in total. The third-order valence-corrected chi connectivity index (χ3v) is 4.37. The number of benzene rings is 1. The van der Waals surface area contributed by atoms with Crippen LogP contribution in [0.1, 0.15) is 30.6 Å². The molecule has 0 radical (unpaired) electrons. The van der Waals surface area contributed by atoms with E-state index in [2.05, 4.69) is 10.6 Å². The first-order valence-electron chi connectivity index (χ1n) is 7.89. The lowest BCUT2D eigenvalue weighted by molar-refractivity contribution is -0.126. The summed E-state index contributed by atoms with van der Waals surface area (Å²) in [6, 6.07) is 5.76. The standard InChI is InChI=1S/C17H22ClN3O3/c1-10(2)15(17(24)19-11-8-14(22)21(3)9-11)20-16(23)12-6-4-5-7-13(12)18/h4-7,10-11,15H,8-9H2,1-3H3,(H,19,24)(H,20,23). The number of likely N-dealkylation sites (N-methyl/N-ethyl adjacent to an activating group) is 1. The minimum absolute atomic E-state index is 0.00139. The highest BCUT2D eigenvalue weighted by molar-refractivity contribution is 6.33. The molecular weight excluding hydrogens is 330 g/mol. The van der Waals surface area contributed by atoms with Crippen molar-refractivity contribution in [3.05, 3.63) is 34.9 Å². The van der Waals surface area contributed by atoms with E-state index >= 15 is 0 Å². The van der Waals surface area contributed by atoms with Crippen molar-refractivity contribution in [2.45, 2.75) is 32.4 Å². The second-order valence-electron chi connectivity index (χ2n) is 6.36. The Hall–Kier alpha value is -2.08. The number of nitrogens with one attached hydrogen (secondary N) is 2. The number of nitrogens with zero attached hydrogens (tertiary/aromatic N) is 1. The summed E-state index contributed by atoms with van der Waals surface area (Å²) in [6.45, 7) is 4.18. The van der Waals surface area contributed by atoms with Crippen molar-refractivity contribution >= 4 is 29.3 Å². The maximum Gasteiger partial charge on any atom is 0.253 e. The zero-order valence-electron chi connectivity index (χ0n) is 14.0.